The van der Waals surface area contributed by atoms with E-state index in [0.717, 1.165) is 5.56 Å². The Labute approximate surface area is 194 Å². The number of hydrogen-bond donors (Lipinski definition) is 0. The Morgan fingerprint density at radius 2 is 1.69 bits per heavy atom. The van der Waals surface area contributed by atoms with Crippen LogP contribution in [0.3, 0.4) is 0 Å². The van der Waals surface area contributed by atoms with E-state index in [1.54, 1.807) is 38.2 Å². The minimum atomic E-state index is -3.57. The van der Waals surface area contributed by atoms with Gasteiger partial charge in [-0.05, 0) is 54.1 Å². The molecule has 6 nitrogen and oxygen atoms in total. The highest BCUT2D eigenvalue weighted by molar-refractivity contribution is 7.89. The Hall–Kier alpha value is -2.74. The van der Waals surface area contributed by atoms with Gasteiger partial charge >= 0.3 is 0 Å². The van der Waals surface area contributed by atoms with Gasteiger partial charge in [-0.15, -0.1) is 0 Å². The predicted molar refractivity (Wildman–Crippen MR) is 128 cm³/mol. The second kappa shape index (κ2) is 10.7. The summed E-state index contributed by atoms with van der Waals surface area (Å²) in [5.41, 5.74) is 1.40. The summed E-state index contributed by atoms with van der Waals surface area (Å²) in [5, 5.41) is 0.625. The number of anilines is 1. The first-order valence-corrected chi connectivity index (χ1v) is 12.2. The number of hydrogen-bond acceptors (Lipinski definition) is 5. The van der Waals surface area contributed by atoms with E-state index in [9.17, 15) is 13.2 Å². The molecule has 0 spiro atoms. The topological polar surface area (TPSA) is 70.6 Å². The van der Waals surface area contributed by atoms with Crippen molar-refractivity contribution in [3.05, 3.63) is 89.1 Å². The smallest absolute Gasteiger partial charge is 0.243 e. The molecule has 1 aromatic heterocycles. The molecule has 0 N–H and O–H groups in total. The van der Waals surface area contributed by atoms with Gasteiger partial charge in [0.25, 0.3) is 0 Å². The summed E-state index contributed by atoms with van der Waals surface area (Å²) in [7, 11) is -3.57. The van der Waals surface area contributed by atoms with Gasteiger partial charge in [0, 0.05) is 36.4 Å². The molecule has 1 heterocycles. The number of carbonyl (C=O) groups is 1. The largest absolute Gasteiger partial charge is 0.345 e. The highest BCUT2D eigenvalue weighted by Gasteiger charge is 2.22. The summed E-state index contributed by atoms with van der Waals surface area (Å²) >= 11 is 6.12. The van der Waals surface area contributed by atoms with Gasteiger partial charge in [-0.25, -0.2) is 13.4 Å². The quantitative estimate of drug-likeness (QED) is 0.402. The summed E-state index contributed by atoms with van der Waals surface area (Å²) in [5.74, 6) is 0.533. The zero-order valence-electron chi connectivity index (χ0n) is 18.1. The standard InChI is InChI=1S/C24H26ClN3O3S/c1-3-28(4-2)32(30,31)22-13-11-20(12-14-22)23(29)18-27(24-10-5-6-15-26-24)17-19-8-7-9-21(25)16-19/h5-16H,3-4,17-18H2,1-2H3. The predicted octanol–water partition coefficient (Wildman–Crippen LogP) is 4.66. The van der Waals surface area contributed by atoms with Crippen LogP contribution in [0, 0.1) is 0 Å². The van der Waals surface area contributed by atoms with Crippen LogP contribution in [0.2, 0.25) is 5.02 Å². The summed E-state index contributed by atoms with van der Waals surface area (Å²) in [6.45, 7) is 4.92. The molecule has 0 aliphatic rings. The number of nitrogens with zero attached hydrogens (tertiary/aromatic N) is 3. The SMILES string of the molecule is CCN(CC)S(=O)(=O)c1ccc(C(=O)CN(Cc2cccc(Cl)c2)c2ccccn2)cc1. The maximum atomic E-state index is 13.0. The van der Waals surface area contributed by atoms with Gasteiger partial charge < -0.3 is 4.90 Å². The van der Waals surface area contributed by atoms with Crippen LogP contribution in [0.1, 0.15) is 29.8 Å². The molecule has 2 aromatic carbocycles. The molecule has 0 aliphatic heterocycles. The van der Waals surface area contributed by atoms with Crippen molar-refractivity contribution in [3.63, 3.8) is 0 Å². The first-order chi connectivity index (χ1) is 15.3. The third kappa shape index (κ3) is 5.73. The van der Waals surface area contributed by atoms with Crippen LogP contribution in [-0.2, 0) is 16.6 Å². The van der Waals surface area contributed by atoms with Crippen LogP contribution in [0.4, 0.5) is 5.82 Å². The van der Waals surface area contributed by atoms with Gasteiger partial charge in [-0.3, -0.25) is 4.79 Å². The number of halogens is 1. The van der Waals surface area contributed by atoms with Crippen molar-refractivity contribution >= 4 is 33.2 Å². The van der Waals surface area contributed by atoms with Crippen molar-refractivity contribution in [2.75, 3.05) is 24.5 Å². The maximum absolute atomic E-state index is 13.0. The summed E-state index contributed by atoms with van der Waals surface area (Å²) in [6, 6.07) is 19.1. The van der Waals surface area contributed by atoms with Crippen LogP contribution in [0.5, 0.6) is 0 Å². The zero-order chi connectivity index (χ0) is 23.1. The van der Waals surface area contributed by atoms with E-state index in [0.29, 0.717) is 36.0 Å². The van der Waals surface area contributed by atoms with E-state index >= 15 is 0 Å². The zero-order valence-corrected chi connectivity index (χ0v) is 19.7. The maximum Gasteiger partial charge on any atom is 0.243 e. The Morgan fingerprint density at radius 3 is 2.28 bits per heavy atom. The number of Topliss-reactive ketones (excluding diaryl/α,β-unsaturated/α-hetero) is 1. The van der Waals surface area contributed by atoms with Gasteiger partial charge in [0.15, 0.2) is 5.78 Å². The number of rotatable bonds is 10. The van der Waals surface area contributed by atoms with Crippen LogP contribution < -0.4 is 4.90 Å². The monoisotopic (exact) mass is 471 g/mol. The second-order valence-electron chi connectivity index (χ2n) is 7.21. The highest BCUT2D eigenvalue weighted by Crippen LogP contribution is 2.20. The minimum absolute atomic E-state index is 0.0890. The summed E-state index contributed by atoms with van der Waals surface area (Å²) in [6.07, 6.45) is 1.68. The lowest BCUT2D eigenvalue weighted by atomic mass is 10.1. The molecule has 0 unspecified atom stereocenters. The molecule has 0 aliphatic carbocycles. The summed E-state index contributed by atoms with van der Waals surface area (Å²) < 4.78 is 26.8. The third-order valence-electron chi connectivity index (χ3n) is 5.09. The number of sulfonamides is 1. The molecular formula is C24H26ClN3O3S. The second-order valence-corrected chi connectivity index (χ2v) is 9.59. The molecule has 8 heteroatoms. The van der Waals surface area contributed by atoms with Crippen molar-refractivity contribution in [2.24, 2.45) is 0 Å². The lowest BCUT2D eigenvalue weighted by Gasteiger charge is -2.23. The van der Waals surface area contributed by atoms with Gasteiger partial charge in [-0.1, -0.05) is 43.6 Å². The minimum Gasteiger partial charge on any atom is -0.345 e. The Kier molecular flexibility index (Phi) is 8.01. The van der Waals surface area contributed by atoms with Crippen LogP contribution in [-0.4, -0.2) is 43.1 Å². The van der Waals surface area contributed by atoms with Crippen LogP contribution in [0.15, 0.2) is 77.8 Å². The molecule has 0 bridgehead atoms. The van der Waals surface area contributed by atoms with Gasteiger partial charge in [-0.2, -0.15) is 4.31 Å². The number of benzene rings is 2. The average molecular weight is 472 g/mol. The van der Waals surface area contributed by atoms with E-state index < -0.39 is 10.0 Å². The highest BCUT2D eigenvalue weighted by atomic mass is 35.5. The van der Waals surface area contributed by atoms with Gasteiger partial charge in [0.1, 0.15) is 5.82 Å². The summed E-state index contributed by atoms with van der Waals surface area (Å²) in [4.78, 5) is 19.5. The van der Waals surface area contributed by atoms with Gasteiger partial charge in [0.2, 0.25) is 10.0 Å². The number of aromatic nitrogens is 1. The Balaban J connectivity index is 1.82. The van der Waals surface area contributed by atoms with Crippen LogP contribution >= 0.6 is 11.6 Å². The number of carbonyl (C=O) groups excluding carboxylic acids is 1. The molecule has 0 atom stereocenters. The molecule has 0 saturated heterocycles. The first kappa shape index (κ1) is 23.9. The van der Waals surface area contributed by atoms with E-state index in [1.165, 1.54) is 16.4 Å². The molecule has 0 amide bonds. The number of ketones is 1. The fourth-order valence-corrected chi connectivity index (χ4v) is 5.08. The van der Waals surface area contributed by atoms with Crippen molar-refractivity contribution in [1.82, 2.24) is 9.29 Å². The van der Waals surface area contributed by atoms with Crippen molar-refractivity contribution in [1.29, 1.82) is 0 Å². The Bertz CT molecular complexity index is 1150. The molecule has 0 saturated carbocycles. The third-order valence-corrected chi connectivity index (χ3v) is 7.39. The van der Waals surface area contributed by atoms with E-state index in [-0.39, 0.29) is 17.2 Å². The lowest BCUT2D eigenvalue weighted by molar-refractivity contribution is 0.0998. The average Bonchev–Trinajstić information content (AvgIpc) is 2.80. The number of pyridine rings is 1. The lowest BCUT2D eigenvalue weighted by Crippen LogP contribution is -2.31. The first-order valence-electron chi connectivity index (χ1n) is 10.4. The van der Waals surface area contributed by atoms with Crippen LogP contribution in [0.25, 0.3) is 0 Å². The fraction of sp³-hybridized carbons (Fsp3) is 0.250. The van der Waals surface area contributed by atoms with Crippen molar-refractivity contribution in [3.8, 4) is 0 Å². The molecule has 3 rings (SSSR count). The van der Waals surface area contributed by atoms with E-state index in [1.807, 2.05) is 41.3 Å². The molecule has 0 fully saturated rings. The normalized spacial score (nSPS) is 11.5. The molecule has 32 heavy (non-hydrogen) atoms. The molecule has 168 valence electrons. The van der Waals surface area contributed by atoms with Crippen molar-refractivity contribution < 1.29 is 13.2 Å². The van der Waals surface area contributed by atoms with E-state index in [4.69, 9.17) is 11.6 Å². The van der Waals surface area contributed by atoms with Gasteiger partial charge in [0.05, 0.1) is 11.4 Å². The Morgan fingerprint density at radius 1 is 0.969 bits per heavy atom. The van der Waals surface area contributed by atoms with Crippen molar-refractivity contribution in [2.45, 2.75) is 25.3 Å². The molecule has 3 aromatic rings. The fourth-order valence-electron chi connectivity index (χ4n) is 3.40. The molecular weight excluding hydrogens is 446 g/mol. The molecule has 0 radical (unpaired) electrons. The van der Waals surface area contributed by atoms with E-state index in [2.05, 4.69) is 4.98 Å².